The summed E-state index contributed by atoms with van der Waals surface area (Å²) in [6.07, 6.45) is 0. The van der Waals surface area contributed by atoms with Crippen molar-refractivity contribution in [3.8, 4) is 0 Å². The van der Waals surface area contributed by atoms with Gasteiger partial charge in [0.1, 0.15) is 0 Å². The zero-order valence-corrected chi connectivity index (χ0v) is 13.4. The van der Waals surface area contributed by atoms with Crippen LogP contribution in [0.4, 0.5) is 0 Å². The largest absolute Gasteiger partial charge is 0.291 e. The predicted molar refractivity (Wildman–Crippen MR) is 88.0 cm³/mol. The number of carbonyl (C=O) groups excluding carboxylic acids is 4. The number of hydrogen-bond donors (Lipinski definition) is 0. The highest BCUT2D eigenvalue weighted by Crippen LogP contribution is 2.60. The minimum absolute atomic E-state index is 0.253. The van der Waals surface area contributed by atoms with Crippen LogP contribution in [0, 0.1) is 0 Å². The van der Waals surface area contributed by atoms with Crippen LogP contribution in [0.2, 0.25) is 0 Å². The maximum absolute atomic E-state index is 13.2. The molecular formula is C20H13NO4. The zero-order valence-electron chi connectivity index (χ0n) is 13.4. The van der Waals surface area contributed by atoms with Crippen LogP contribution in [0.3, 0.4) is 0 Å². The van der Waals surface area contributed by atoms with Gasteiger partial charge >= 0.3 is 0 Å². The molecule has 1 heterocycles. The minimum atomic E-state index is -1.74. The van der Waals surface area contributed by atoms with Crippen molar-refractivity contribution in [1.29, 1.82) is 0 Å². The molecule has 0 atom stereocenters. The average molecular weight is 331 g/mol. The van der Waals surface area contributed by atoms with Gasteiger partial charge in [-0.2, -0.15) is 0 Å². The monoisotopic (exact) mass is 331 g/mol. The Morgan fingerprint density at radius 3 is 1.28 bits per heavy atom. The van der Waals surface area contributed by atoms with Gasteiger partial charge in [-0.1, -0.05) is 43.3 Å². The molecule has 5 heteroatoms. The second-order valence-electron chi connectivity index (χ2n) is 6.64. The molecule has 2 aliphatic carbocycles. The SMILES string of the molecule is CCN1C2(C(=O)c3cccc(c3)C2=O)C12C(=O)c1cccc(c1)C2=O. The Labute approximate surface area is 143 Å². The summed E-state index contributed by atoms with van der Waals surface area (Å²) in [5.74, 6) is -1.84. The van der Waals surface area contributed by atoms with Crippen molar-refractivity contribution in [3.05, 3.63) is 70.8 Å². The quantitative estimate of drug-likeness (QED) is 0.590. The smallest absolute Gasteiger partial charge is 0.194 e. The van der Waals surface area contributed by atoms with Gasteiger partial charge in [-0.3, -0.25) is 24.1 Å². The highest BCUT2D eigenvalue weighted by atomic mass is 16.2. The molecule has 0 aromatic heterocycles. The van der Waals surface area contributed by atoms with Gasteiger partial charge in [0, 0.05) is 22.3 Å². The van der Waals surface area contributed by atoms with E-state index in [1.54, 1.807) is 43.3 Å². The third kappa shape index (κ3) is 1.26. The molecule has 0 N–H and O–H groups in total. The number of Topliss-reactive ketones (excluding diaryl/α,β-unsaturated/α-hetero) is 4. The van der Waals surface area contributed by atoms with E-state index >= 15 is 0 Å². The topological polar surface area (TPSA) is 71.3 Å². The normalized spacial score (nSPS) is 24.1. The maximum atomic E-state index is 13.2. The summed E-state index contributed by atoms with van der Waals surface area (Å²) in [6, 6.07) is 12.8. The molecule has 25 heavy (non-hydrogen) atoms. The molecule has 2 aromatic carbocycles. The van der Waals surface area contributed by atoms with Gasteiger partial charge in [0.25, 0.3) is 0 Å². The third-order valence-electron chi connectivity index (χ3n) is 5.69. The van der Waals surface area contributed by atoms with E-state index < -0.39 is 34.2 Å². The van der Waals surface area contributed by atoms with E-state index in [1.165, 1.54) is 17.0 Å². The first-order chi connectivity index (χ1) is 12.0. The summed E-state index contributed by atoms with van der Waals surface area (Å²) in [7, 11) is 0. The van der Waals surface area contributed by atoms with Gasteiger partial charge < -0.3 is 0 Å². The van der Waals surface area contributed by atoms with Crippen LogP contribution in [-0.2, 0) is 0 Å². The van der Waals surface area contributed by atoms with Gasteiger partial charge in [-0.15, -0.1) is 0 Å². The van der Waals surface area contributed by atoms with Gasteiger partial charge in [0.05, 0.1) is 0 Å². The number of likely N-dealkylation sites (N-methyl/N-ethyl adjacent to an activating group) is 1. The lowest BCUT2D eigenvalue weighted by molar-refractivity contribution is 0.0727. The van der Waals surface area contributed by atoms with Crippen LogP contribution in [0.1, 0.15) is 48.4 Å². The van der Waals surface area contributed by atoms with Gasteiger partial charge in [0.15, 0.2) is 34.2 Å². The van der Waals surface area contributed by atoms with E-state index in [0.29, 0.717) is 22.3 Å². The lowest BCUT2D eigenvalue weighted by Crippen LogP contribution is -2.52. The fraction of sp³-hybridized carbons (Fsp3) is 0.200. The third-order valence-corrected chi connectivity index (χ3v) is 5.69. The first kappa shape index (κ1) is 14.4. The Kier molecular flexibility index (Phi) is 2.41. The van der Waals surface area contributed by atoms with Crippen molar-refractivity contribution in [3.63, 3.8) is 0 Å². The minimum Gasteiger partial charge on any atom is -0.291 e. The van der Waals surface area contributed by atoms with Crippen LogP contribution in [0.5, 0.6) is 0 Å². The van der Waals surface area contributed by atoms with Gasteiger partial charge in [0.2, 0.25) is 0 Å². The second-order valence-corrected chi connectivity index (χ2v) is 6.64. The van der Waals surface area contributed by atoms with Gasteiger partial charge in [-0.05, 0) is 18.7 Å². The fourth-order valence-electron chi connectivity index (χ4n) is 4.68. The summed E-state index contributed by atoms with van der Waals surface area (Å²) in [5.41, 5.74) is -2.02. The molecule has 122 valence electrons. The van der Waals surface area contributed by atoms with Gasteiger partial charge in [-0.25, -0.2) is 0 Å². The predicted octanol–water partition coefficient (Wildman–Crippen LogP) is 1.96. The van der Waals surface area contributed by atoms with Crippen LogP contribution < -0.4 is 0 Å². The zero-order chi connectivity index (χ0) is 17.6. The number of fused-ring (bicyclic) bond motifs is 5. The lowest BCUT2D eigenvalue weighted by Gasteiger charge is -2.25. The van der Waals surface area contributed by atoms with Crippen molar-refractivity contribution < 1.29 is 19.2 Å². The Balaban J connectivity index is 1.82. The van der Waals surface area contributed by atoms with Crippen LogP contribution in [-0.4, -0.2) is 45.7 Å². The van der Waals surface area contributed by atoms with Crippen molar-refractivity contribution >= 4 is 23.1 Å². The van der Waals surface area contributed by atoms with Crippen molar-refractivity contribution in [1.82, 2.24) is 4.90 Å². The molecule has 5 rings (SSSR count). The number of carbonyl (C=O) groups is 4. The molecule has 2 spiro atoms. The van der Waals surface area contributed by atoms with Crippen molar-refractivity contribution in [2.75, 3.05) is 6.54 Å². The van der Waals surface area contributed by atoms with E-state index in [-0.39, 0.29) is 6.54 Å². The molecule has 2 aromatic rings. The fourth-order valence-corrected chi connectivity index (χ4v) is 4.68. The van der Waals surface area contributed by atoms with E-state index in [2.05, 4.69) is 0 Å². The first-order valence-corrected chi connectivity index (χ1v) is 8.18. The average Bonchev–Trinajstić information content (AvgIpc) is 3.28. The number of rotatable bonds is 1. The van der Waals surface area contributed by atoms with E-state index in [1.807, 2.05) is 0 Å². The lowest BCUT2D eigenvalue weighted by atomic mass is 9.69. The number of benzene rings is 2. The second kappa shape index (κ2) is 4.18. The van der Waals surface area contributed by atoms with Crippen LogP contribution in [0.15, 0.2) is 48.5 Å². The molecule has 4 bridgehead atoms. The highest BCUT2D eigenvalue weighted by molar-refractivity contribution is 6.44. The molecule has 3 aliphatic rings. The van der Waals surface area contributed by atoms with E-state index in [4.69, 9.17) is 0 Å². The molecular weight excluding hydrogens is 318 g/mol. The Hall–Kier alpha value is -2.92. The Morgan fingerprint density at radius 1 is 0.680 bits per heavy atom. The molecule has 0 unspecified atom stereocenters. The summed E-state index contributed by atoms with van der Waals surface area (Å²) in [4.78, 5) is 54.3. The summed E-state index contributed by atoms with van der Waals surface area (Å²) in [6.45, 7) is 2.01. The molecule has 0 amide bonds. The van der Waals surface area contributed by atoms with Crippen molar-refractivity contribution in [2.45, 2.75) is 18.0 Å². The molecule has 1 aliphatic heterocycles. The van der Waals surface area contributed by atoms with E-state index in [9.17, 15) is 19.2 Å². The number of ketones is 4. The molecule has 0 radical (unpaired) electrons. The summed E-state index contributed by atoms with van der Waals surface area (Å²) in [5, 5.41) is 0. The summed E-state index contributed by atoms with van der Waals surface area (Å²) >= 11 is 0. The number of nitrogens with zero attached hydrogens (tertiary/aromatic N) is 1. The Morgan fingerprint density at radius 2 is 1.00 bits per heavy atom. The summed E-state index contributed by atoms with van der Waals surface area (Å²) < 4.78 is 0. The number of hydrogen-bond acceptors (Lipinski definition) is 5. The van der Waals surface area contributed by atoms with Crippen LogP contribution >= 0.6 is 0 Å². The van der Waals surface area contributed by atoms with Crippen molar-refractivity contribution in [2.24, 2.45) is 0 Å². The molecule has 5 nitrogen and oxygen atoms in total. The standard InChI is InChI=1S/C20H13NO4/c1-2-21-19(15(22)11-5-3-6-12(9-11)16(19)23)20(21)17(24)13-7-4-8-14(10-13)18(20)25/h3-10H,2H2,1H3. The molecule has 1 fully saturated rings. The molecule has 1 saturated heterocycles. The highest BCUT2D eigenvalue weighted by Gasteiger charge is 2.89. The Bertz CT molecular complexity index is 891. The van der Waals surface area contributed by atoms with Crippen LogP contribution in [0.25, 0.3) is 0 Å². The first-order valence-electron chi connectivity index (χ1n) is 8.18. The van der Waals surface area contributed by atoms with E-state index in [0.717, 1.165) is 0 Å². The molecule has 0 saturated carbocycles. The maximum Gasteiger partial charge on any atom is 0.194 e.